The first-order valence-electron chi connectivity index (χ1n) is 8.92. The molecule has 0 aliphatic heterocycles. The van der Waals surface area contributed by atoms with Gasteiger partial charge in [0, 0.05) is 23.6 Å². The maximum Gasteiger partial charge on any atom is 0.270 e. The third kappa shape index (κ3) is 4.65. The van der Waals surface area contributed by atoms with E-state index in [0.717, 1.165) is 17.2 Å². The van der Waals surface area contributed by atoms with Crippen molar-refractivity contribution in [1.82, 2.24) is 5.32 Å². The Morgan fingerprint density at radius 2 is 1.41 bits per heavy atom. The molecule has 0 saturated heterocycles. The number of amides is 2. The van der Waals surface area contributed by atoms with E-state index in [2.05, 4.69) is 5.32 Å². The van der Waals surface area contributed by atoms with Crippen LogP contribution in [0.3, 0.4) is 0 Å². The number of rotatable bonds is 7. The first-order valence-corrected chi connectivity index (χ1v) is 8.92. The highest BCUT2D eigenvalue weighted by Crippen LogP contribution is 2.28. The Bertz CT molecular complexity index is 983. The summed E-state index contributed by atoms with van der Waals surface area (Å²) in [6.07, 6.45) is 0. The van der Waals surface area contributed by atoms with Gasteiger partial charge in [0.25, 0.3) is 11.6 Å². The van der Waals surface area contributed by atoms with Crippen molar-refractivity contribution in [2.45, 2.75) is 12.0 Å². The normalized spacial score (nSPS) is 11.6. The van der Waals surface area contributed by atoms with Crippen molar-refractivity contribution in [3.63, 3.8) is 0 Å². The smallest absolute Gasteiger partial charge is 0.270 e. The van der Waals surface area contributed by atoms with Crippen molar-refractivity contribution < 1.29 is 14.5 Å². The van der Waals surface area contributed by atoms with Crippen molar-refractivity contribution in [3.05, 3.63) is 112 Å². The molecule has 3 aromatic carbocycles. The quantitative estimate of drug-likeness (QED) is 0.477. The van der Waals surface area contributed by atoms with Gasteiger partial charge in [-0.3, -0.25) is 19.7 Å². The summed E-state index contributed by atoms with van der Waals surface area (Å²) in [5, 5.41) is 13.6. The van der Waals surface area contributed by atoms with Gasteiger partial charge in [-0.1, -0.05) is 66.7 Å². The number of nitro benzene ring substituents is 1. The van der Waals surface area contributed by atoms with Crippen molar-refractivity contribution in [2.24, 2.45) is 5.73 Å². The molecule has 0 aromatic heterocycles. The Labute approximate surface area is 167 Å². The number of carbonyl (C=O) groups excluding carboxylic acids is 2. The molecule has 0 heterocycles. The van der Waals surface area contributed by atoms with Crippen LogP contribution in [0.4, 0.5) is 5.69 Å². The molecule has 0 bridgehead atoms. The predicted octanol–water partition coefficient (Wildman–Crippen LogP) is 3.01. The zero-order valence-electron chi connectivity index (χ0n) is 15.4. The van der Waals surface area contributed by atoms with Crippen LogP contribution in [0, 0.1) is 10.1 Å². The fourth-order valence-corrected chi connectivity index (χ4v) is 3.20. The zero-order valence-corrected chi connectivity index (χ0v) is 15.4. The van der Waals surface area contributed by atoms with E-state index in [1.165, 1.54) is 18.2 Å². The zero-order chi connectivity index (χ0) is 20.8. The van der Waals surface area contributed by atoms with Crippen LogP contribution < -0.4 is 11.1 Å². The summed E-state index contributed by atoms with van der Waals surface area (Å²) in [7, 11) is 0. The second-order valence-corrected chi connectivity index (χ2v) is 6.46. The molecule has 2 amide bonds. The fourth-order valence-electron chi connectivity index (χ4n) is 3.20. The Kier molecular flexibility index (Phi) is 5.99. The van der Waals surface area contributed by atoms with Gasteiger partial charge in [-0.25, -0.2) is 0 Å². The number of nitro groups is 1. The van der Waals surface area contributed by atoms with E-state index < -0.39 is 28.7 Å². The van der Waals surface area contributed by atoms with Crippen molar-refractivity contribution >= 4 is 17.5 Å². The molecule has 0 saturated carbocycles. The van der Waals surface area contributed by atoms with Crippen LogP contribution in [0.5, 0.6) is 0 Å². The molecular formula is C22H19N3O4. The Morgan fingerprint density at radius 1 is 0.862 bits per heavy atom. The monoisotopic (exact) mass is 389 g/mol. The summed E-state index contributed by atoms with van der Waals surface area (Å²) in [5.41, 5.74) is 7.13. The molecule has 0 spiro atoms. The molecule has 1 atom stereocenters. The first-order chi connectivity index (χ1) is 14.0. The van der Waals surface area contributed by atoms with Crippen LogP contribution in [-0.4, -0.2) is 22.8 Å². The summed E-state index contributed by atoms with van der Waals surface area (Å²) in [6.45, 7) is 0. The second-order valence-electron chi connectivity index (χ2n) is 6.46. The average Bonchev–Trinajstić information content (AvgIpc) is 2.74. The Morgan fingerprint density at radius 3 is 1.90 bits per heavy atom. The van der Waals surface area contributed by atoms with Gasteiger partial charge in [0.15, 0.2) is 0 Å². The minimum Gasteiger partial charge on any atom is -0.368 e. The van der Waals surface area contributed by atoms with E-state index in [4.69, 9.17) is 5.73 Å². The molecule has 0 radical (unpaired) electrons. The van der Waals surface area contributed by atoms with E-state index in [1.807, 2.05) is 60.7 Å². The SMILES string of the molecule is NC(=O)[C@H](NC(=O)c1cccc([N+](=O)[O-])c1)C(c1ccccc1)c1ccccc1. The van der Waals surface area contributed by atoms with Gasteiger partial charge in [0.05, 0.1) is 4.92 Å². The number of hydrogen-bond acceptors (Lipinski definition) is 4. The Hall–Kier alpha value is -4.00. The number of hydrogen-bond donors (Lipinski definition) is 2. The van der Waals surface area contributed by atoms with Crippen LogP contribution in [0.15, 0.2) is 84.9 Å². The van der Waals surface area contributed by atoms with E-state index in [1.54, 1.807) is 0 Å². The summed E-state index contributed by atoms with van der Waals surface area (Å²) in [4.78, 5) is 35.5. The number of nitrogens with zero attached hydrogens (tertiary/aromatic N) is 1. The largest absolute Gasteiger partial charge is 0.368 e. The average molecular weight is 389 g/mol. The molecule has 7 heteroatoms. The van der Waals surface area contributed by atoms with E-state index >= 15 is 0 Å². The molecule has 3 rings (SSSR count). The maximum atomic E-state index is 12.8. The number of nitrogens with one attached hydrogen (secondary N) is 1. The molecule has 7 nitrogen and oxygen atoms in total. The molecule has 3 N–H and O–H groups in total. The number of benzene rings is 3. The lowest BCUT2D eigenvalue weighted by Crippen LogP contribution is -2.48. The molecular weight excluding hydrogens is 370 g/mol. The highest BCUT2D eigenvalue weighted by atomic mass is 16.6. The van der Waals surface area contributed by atoms with Gasteiger partial charge in [0.2, 0.25) is 5.91 Å². The highest BCUT2D eigenvalue weighted by molar-refractivity contribution is 5.98. The Balaban J connectivity index is 1.98. The molecule has 146 valence electrons. The lowest BCUT2D eigenvalue weighted by molar-refractivity contribution is -0.384. The minimum absolute atomic E-state index is 0.0744. The summed E-state index contributed by atoms with van der Waals surface area (Å²) < 4.78 is 0. The van der Waals surface area contributed by atoms with E-state index in [9.17, 15) is 19.7 Å². The predicted molar refractivity (Wildman–Crippen MR) is 108 cm³/mol. The third-order valence-electron chi connectivity index (χ3n) is 4.56. The van der Waals surface area contributed by atoms with Crippen molar-refractivity contribution in [2.75, 3.05) is 0 Å². The number of carbonyl (C=O) groups is 2. The van der Waals surface area contributed by atoms with Crippen LogP contribution >= 0.6 is 0 Å². The lowest BCUT2D eigenvalue weighted by Gasteiger charge is -2.26. The second kappa shape index (κ2) is 8.79. The number of nitrogens with two attached hydrogens (primary N) is 1. The summed E-state index contributed by atoms with van der Waals surface area (Å²) in [6, 6.07) is 22.7. The topological polar surface area (TPSA) is 115 Å². The molecule has 0 unspecified atom stereocenters. The van der Waals surface area contributed by atoms with Gasteiger partial charge in [-0.05, 0) is 17.2 Å². The van der Waals surface area contributed by atoms with Crippen molar-refractivity contribution in [3.8, 4) is 0 Å². The van der Waals surface area contributed by atoms with Crippen LogP contribution in [0.25, 0.3) is 0 Å². The fraction of sp³-hybridized carbons (Fsp3) is 0.0909. The van der Waals surface area contributed by atoms with E-state index in [-0.39, 0.29) is 11.3 Å². The van der Waals surface area contributed by atoms with Gasteiger partial charge in [0.1, 0.15) is 6.04 Å². The number of non-ortho nitro benzene ring substituents is 1. The van der Waals surface area contributed by atoms with E-state index in [0.29, 0.717) is 0 Å². The van der Waals surface area contributed by atoms with Crippen LogP contribution in [0.1, 0.15) is 27.4 Å². The first kappa shape index (κ1) is 19.8. The standard InChI is InChI=1S/C22H19N3O4/c23-21(26)20(24-22(27)17-12-7-13-18(14-17)25(28)29)19(15-8-3-1-4-9-15)16-10-5-2-6-11-16/h1-14,19-20H,(H2,23,26)(H,24,27)/t20-/m1/s1. The van der Waals surface area contributed by atoms with Gasteiger partial charge >= 0.3 is 0 Å². The highest BCUT2D eigenvalue weighted by Gasteiger charge is 2.31. The minimum atomic E-state index is -1.05. The van der Waals surface area contributed by atoms with Gasteiger partial charge < -0.3 is 11.1 Å². The third-order valence-corrected chi connectivity index (χ3v) is 4.56. The van der Waals surface area contributed by atoms with Crippen LogP contribution in [0.2, 0.25) is 0 Å². The molecule has 0 fully saturated rings. The van der Waals surface area contributed by atoms with Crippen LogP contribution in [-0.2, 0) is 4.79 Å². The van der Waals surface area contributed by atoms with Crippen molar-refractivity contribution in [1.29, 1.82) is 0 Å². The number of primary amides is 1. The molecule has 29 heavy (non-hydrogen) atoms. The maximum absolute atomic E-state index is 12.8. The van der Waals surface area contributed by atoms with Gasteiger partial charge in [-0.2, -0.15) is 0 Å². The molecule has 3 aromatic rings. The molecule has 0 aliphatic carbocycles. The summed E-state index contributed by atoms with van der Waals surface area (Å²) >= 11 is 0. The summed E-state index contributed by atoms with van der Waals surface area (Å²) in [5.74, 6) is -1.84. The molecule has 0 aliphatic rings. The van der Waals surface area contributed by atoms with Gasteiger partial charge in [-0.15, -0.1) is 0 Å². The lowest BCUT2D eigenvalue weighted by atomic mass is 9.84.